The van der Waals surface area contributed by atoms with Crippen molar-refractivity contribution in [2.45, 2.75) is 45.7 Å². The highest BCUT2D eigenvalue weighted by Gasteiger charge is 2.21. The van der Waals surface area contributed by atoms with Gasteiger partial charge in [-0.05, 0) is 51.8 Å². The number of urea groups is 1. The van der Waals surface area contributed by atoms with Crippen molar-refractivity contribution in [3.05, 3.63) is 41.1 Å². The fraction of sp³-hybridized carbons (Fsp3) is 0.375. The molecule has 2 amide bonds. The lowest BCUT2D eigenvalue weighted by Crippen LogP contribution is -2.35. The third-order valence-corrected chi connectivity index (χ3v) is 4.75. The normalized spacial score (nSPS) is 11.6. The summed E-state index contributed by atoms with van der Waals surface area (Å²) in [4.78, 5) is 12.1. The van der Waals surface area contributed by atoms with Crippen LogP contribution >= 0.6 is 0 Å². The minimum atomic E-state index is -4.02. The maximum Gasteiger partial charge on any atom is 0.333 e. The van der Waals surface area contributed by atoms with Crippen LogP contribution in [0.2, 0.25) is 0 Å². The summed E-state index contributed by atoms with van der Waals surface area (Å²) in [5, 5.41) is 6.38. The zero-order valence-corrected chi connectivity index (χ0v) is 15.2. The molecule has 130 valence electrons. The van der Waals surface area contributed by atoms with E-state index in [9.17, 15) is 13.2 Å². The van der Waals surface area contributed by atoms with Crippen LogP contribution in [0.25, 0.3) is 0 Å². The van der Waals surface area contributed by atoms with Crippen molar-refractivity contribution in [2.24, 2.45) is 0 Å². The number of carbonyl (C=O) groups is 1. The molecule has 1 heterocycles. The SMILES string of the molecule is Cc1cc(C)c(NC(=O)NS(=O)(=O)c2ccn(C(C)C)n2)c(C)c1. The monoisotopic (exact) mass is 350 g/mol. The van der Waals surface area contributed by atoms with Gasteiger partial charge in [-0.15, -0.1) is 0 Å². The Morgan fingerprint density at radius 3 is 2.25 bits per heavy atom. The highest BCUT2D eigenvalue weighted by atomic mass is 32.2. The van der Waals surface area contributed by atoms with Gasteiger partial charge in [-0.25, -0.2) is 9.52 Å². The van der Waals surface area contributed by atoms with E-state index in [2.05, 4.69) is 10.4 Å². The predicted octanol–water partition coefficient (Wildman–Crippen LogP) is 2.90. The number of nitrogens with zero attached hydrogens (tertiary/aromatic N) is 2. The number of hydrogen-bond acceptors (Lipinski definition) is 4. The largest absolute Gasteiger partial charge is 0.333 e. The van der Waals surface area contributed by atoms with Gasteiger partial charge in [0.05, 0.1) is 0 Å². The quantitative estimate of drug-likeness (QED) is 0.886. The summed E-state index contributed by atoms with van der Waals surface area (Å²) < 4.78 is 28.0. The second-order valence-electron chi connectivity index (χ2n) is 6.06. The van der Waals surface area contributed by atoms with Crippen molar-refractivity contribution < 1.29 is 13.2 Å². The van der Waals surface area contributed by atoms with Crippen LogP contribution in [0.1, 0.15) is 36.6 Å². The van der Waals surface area contributed by atoms with E-state index in [-0.39, 0.29) is 11.1 Å². The lowest BCUT2D eigenvalue weighted by molar-refractivity contribution is 0.256. The van der Waals surface area contributed by atoms with Gasteiger partial charge in [0.25, 0.3) is 10.0 Å². The Hall–Kier alpha value is -2.35. The van der Waals surface area contributed by atoms with E-state index in [1.54, 1.807) is 6.20 Å². The van der Waals surface area contributed by atoms with Gasteiger partial charge in [0.2, 0.25) is 0 Å². The van der Waals surface area contributed by atoms with E-state index in [1.165, 1.54) is 10.7 Å². The number of benzene rings is 1. The van der Waals surface area contributed by atoms with Crippen molar-refractivity contribution in [2.75, 3.05) is 5.32 Å². The molecule has 2 N–H and O–H groups in total. The summed E-state index contributed by atoms with van der Waals surface area (Å²) >= 11 is 0. The Balaban J connectivity index is 2.17. The fourth-order valence-corrected chi connectivity index (χ4v) is 3.28. The third-order valence-electron chi connectivity index (χ3n) is 3.53. The summed E-state index contributed by atoms with van der Waals surface area (Å²) in [7, 11) is -4.02. The first-order chi connectivity index (χ1) is 11.1. The molecule has 0 unspecified atom stereocenters. The number of hydrogen-bond donors (Lipinski definition) is 2. The van der Waals surface area contributed by atoms with E-state index < -0.39 is 16.1 Å². The summed E-state index contributed by atoms with van der Waals surface area (Å²) in [5.74, 6) is 0. The van der Waals surface area contributed by atoms with Gasteiger partial charge in [0, 0.05) is 17.9 Å². The summed E-state index contributed by atoms with van der Waals surface area (Å²) in [6, 6.07) is 4.41. The third kappa shape index (κ3) is 3.94. The first kappa shape index (κ1) is 18.0. The topological polar surface area (TPSA) is 93.1 Å². The number of amides is 2. The number of carbonyl (C=O) groups excluding carboxylic acids is 1. The number of sulfonamides is 1. The minimum Gasteiger partial charge on any atom is -0.307 e. The Kier molecular flexibility index (Phi) is 4.98. The average molecular weight is 350 g/mol. The molecule has 24 heavy (non-hydrogen) atoms. The Labute approximate surface area is 142 Å². The molecule has 0 aliphatic heterocycles. The van der Waals surface area contributed by atoms with Crippen molar-refractivity contribution >= 4 is 21.7 Å². The highest BCUT2D eigenvalue weighted by Crippen LogP contribution is 2.22. The van der Waals surface area contributed by atoms with Crippen LogP contribution in [0.3, 0.4) is 0 Å². The van der Waals surface area contributed by atoms with Crippen molar-refractivity contribution in [3.8, 4) is 0 Å². The molecule has 0 aliphatic rings. The maximum atomic E-state index is 12.2. The lowest BCUT2D eigenvalue weighted by Gasteiger charge is -2.13. The van der Waals surface area contributed by atoms with Gasteiger partial charge in [0.1, 0.15) is 0 Å². The van der Waals surface area contributed by atoms with Crippen molar-refractivity contribution in [3.63, 3.8) is 0 Å². The molecule has 8 heteroatoms. The van der Waals surface area contributed by atoms with E-state index in [4.69, 9.17) is 0 Å². The number of anilines is 1. The van der Waals surface area contributed by atoms with E-state index in [0.717, 1.165) is 16.7 Å². The zero-order chi connectivity index (χ0) is 18.1. The van der Waals surface area contributed by atoms with E-state index >= 15 is 0 Å². The Morgan fingerprint density at radius 2 is 1.75 bits per heavy atom. The molecule has 2 rings (SSSR count). The summed E-state index contributed by atoms with van der Waals surface area (Å²) in [5.41, 5.74) is 3.40. The Bertz CT molecular complexity index is 846. The van der Waals surface area contributed by atoms with Gasteiger partial charge in [-0.2, -0.15) is 13.5 Å². The molecule has 1 aromatic carbocycles. The second-order valence-corrected chi connectivity index (χ2v) is 7.69. The molecule has 0 saturated carbocycles. The van der Waals surface area contributed by atoms with Crippen LogP contribution in [-0.4, -0.2) is 24.2 Å². The standard InChI is InChI=1S/C16H22N4O3S/c1-10(2)20-7-6-14(18-20)24(22,23)19-16(21)17-15-12(4)8-11(3)9-13(15)5/h6-10H,1-5H3,(H2,17,19,21). The second kappa shape index (κ2) is 6.64. The van der Waals surface area contributed by atoms with Gasteiger partial charge in [-0.3, -0.25) is 4.68 Å². The summed E-state index contributed by atoms with van der Waals surface area (Å²) in [6.45, 7) is 9.43. The average Bonchev–Trinajstić information content (AvgIpc) is 2.93. The molecule has 0 atom stereocenters. The van der Waals surface area contributed by atoms with E-state index in [0.29, 0.717) is 5.69 Å². The molecular weight excluding hydrogens is 328 g/mol. The first-order valence-corrected chi connectivity index (χ1v) is 9.05. The smallest absolute Gasteiger partial charge is 0.307 e. The highest BCUT2D eigenvalue weighted by molar-refractivity contribution is 7.90. The molecule has 0 fully saturated rings. The van der Waals surface area contributed by atoms with Crippen LogP contribution in [0.5, 0.6) is 0 Å². The van der Waals surface area contributed by atoms with Crippen LogP contribution in [0.15, 0.2) is 29.4 Å². The number of aryl methyl sites for hydroxylation is 3. The van der Waals surface area contributed by atoms with Crippen molar-refractivity contribution in [1.29, 1.82) is 0 Å². The molecule has 1 aromatic heterocycles. The number of rotatable bonds is 4. The lowest BCUT2D eigenvalue weighted by atomic mass is 10.1. The van der Waals surface area contributed by atoms with Crippen LogP contribution in [-0.2, 0) is 10.0 Å². The molecular formula is C16H22N4O3S. The zero-order valence-electron chi connectivity index (χ0n) is 14.4. The molecule has 0 bridgehead atoms. The fourth-order valence-electron chi connectivity index (χ4n) is 2.44. The minimum absolute atomic E-state index is 0.0284. The van der Waals surface area contributed by atoms with Crippen LogP contribution < -0.4 is 10.0 Å². The Morgan fingerprint density at radius 1 is 1.17 bits per heavy atom. The molecule has 0 aliphatic carbocycles. The maximum absolute atomic E-state index is 12.2. The van der Waals surface area contributed by atoms with Crippen molar-refractivity contribution in [1.82, 2.24) is 14.5 Å². The molecule has 0 radical (unpaired) electrons. The van der Waals surface area contributed by atoms with Gasteiger partial charge < -0.3 is 5.32 Å². The first-order valence-electron chi connectivity index (χ1n) is 7.57. The molecule has 2 aromatic rings. The van der Waals surface area contributed by atoms with Crippen LogP contribution in [0.4, 0.5) is 10.5 Å². The van der Waals surface area contributed by atoms with E-state index in [1.807, 2.05) is 51.5 Å². The number of nitrogens with one attached hydrogen (secondary N) is 2. The summed E-state index contributed by atoms with van der Waals surface area (Å²) in [6.07, 6.45) is 1.56. The predicted molar refractivity (Wildman–Crippen MR) is 92.6 cm³/mol. The van der Waals surface area contributed by atoms with Gasteiger partial charge in [-0.1, -0.05) is 17.7 Å². The molecule has 0 saturated heterocycles. The number of aromatic nitrogens is 2. The van der Waals surface area contributed by atoms with Gasteiger partial charge in [0.15, 0.2) is 5.03 Å². The molecule has 0 spiro atoms. The van der Waals surface area contributed by atoms with Crippen LogP contribution in [0, 0.1) is 20.8 Å². The molecule has 7 nitrogen and oxygen atoms in total. The van der Waals surface area contributed by atoms with Gasteiger partial charge >= 0.3 is 6.03 Å².